The summed E-state index contributed by atoms with van der Waals surface area (Å²) in [6.07, 6.45) is -7.64. The number of H-pyrrole nitrogens is 1. The molecular formula is C22H32FN2O14P. The van der Waals surface area contributed by atoms with E-state index in [-0.39, 0.29) is 0 Å². The molecule has 2 aliphatic heterocycles. The third kappa shape index (κ3) is 7.47. The van der Waals surface area contributed by atoms with Gasteiger partial charge < -0.3 is 33.2 Å². The molecule has 0 radical (unpaired) electrons. The number of aromatic nitrogens is 2. The zero-order chi connectivity index (χ0) is 29.9. The van der Waals surface area contributed by atoms with E-state index in [2.05, 4.69) is 0 Å². The third-order valence-electron chi connectivity index (χ3n) is 5.49. The fraction of sp³-hybridized carbons (Fsp3) is 0.727. The summed E-state index contributed by atoms with van der Waals surface area (Å²) in [6.45, 7) is 7.07. The first-order valence-electron chi connectivity index (χ1n) is 12.1. The van der Waals surface area contributed by atoms with Crippen molar-refractivity contribution >= 4 is 19.9 Å². The molecule has 1 aromatic rings. The molecule has 2 saturated heterocycles. The summed E-state index contributed by atoms with van der Waals surface area (Å²) in [5.41, 5.74) is -3.31. The zero-order valence-electron chi connectivity index (χ0n) is 22.7. The van der Waals surface area contributed by atoms with Gasteiger partial charge in [0.1, 0.15) is 11.8 Å². The van der Waals surface area contributed by atoms with Crippen molar-refractivity contribution in [1.29, 1.82) is 0 Å². The molecule has 3 heterocycles. The number of nitrogens with one attached hydrogen (secondary N) is 1. The maximum Gasteiger partial charge on any atom is 0.510 e. The molecule has 2 fully saturated rings. The number of nitrogens with zero attached hydrogens (tertiary/aromatic N) is 1. The second-order valence-electron chi connectivity index (χ2n) is 9.54. The molecule has 0 aromatic carbocycles. The van der Waals surface area contributed by atoms with E-state index in [9.17, 15) is 23.7 Å². The average molecular weight is 598 g/mol. The Hall–Kier alpha value is -2.82. The van der Waals surface area contributed by atoms with Gasteiger partial charge in [0.15, 0.2) is 18.6 Å². The Kier molecular flexibility index (Phi) is 9.80. The maximum atomic E-state index is 16.6. The van der Waals surface area contributed by atoms with Crippen molar-refractivity contribution in [3.63, 3.8) is 0 Å². The summed E-state index contributed by atoms with van der Waals surface area (Å²) in [5.74, 6) is -3.01. The highest BCUT2D eigenvalue weighted by atomic mass is 31.2. The van der Waals surface area contributed by atoms with Crippen LogP contribution in [0, 0.1) is 0 Å². The van der Waals surface area contributed by atoms with Gasteiger partial charge in [0, 0.05) is 12.3 Å². The summed E-state index contributed by atoms with van der Waals surface area (Å²) >= 11 is 0. The molecule has 0 unspecified atom stereocenters. The molecule has 1 N–H and O–H groups in total. The molecule has 0 saturated carbocycles. The molecule has 2 aliphatic rings. The number of aromatic amines is 1. The number of rotatable bonds is 11. The number of halogens is 1. The average Bonchev–Trinajstić information content (AvgIpc) is 3.21. The van der Waals surface area contributed by atoms with Crippen LogP contribution in [-0.4, -0.2) is 77.7 Å². The van der Waals surface area contributed by atoms with Crippen molar-refractivity contribution in [2.75, 3.05) is 19.7 Å². The van der Waals surface area contributed by atoms with Gasteiger partial charge in [0.2, 0.25) is 13.6 Å². The molecule has 0 amide bonds. The van der Waals surface area contributed by atoms with E-state index < -0.39 is 93.2 Å². The van der Waals surface area contributed by atoms with Crippen LogP contribution in [0.15, 0.2) is 21.9 Å². The van der Waals surface area contributed by atoms with Crippen LogP contribution >= 0.6 is 7.60 Å². The fourth-order valence-corrected chi connectivity index (χ4v) is 5.53. The Balaban J connectivity index is 1.86. The van der Waals surface area contributed by atoms with Gasteiger partial charge >= 0.3 is 25.6 Å². The van der Waals surface area contributed by atoms with E-state index in [1.165, 1.54) is 13.8 Å². The molecule has 16 nitrogen and oxygen atoms in total. The lowest BCUT2D eigenvalue weighted by Crippen LogP contribution is -2.47. The molecule has 0 spiro atoms. The van der Waals surface area contributed by atoms with E-state index in [0.717, 1.165) is 16.8 Å². The Bertz CT molecular complexity index is 1200. The molecular weight excluding hydrogens is 566 g/mol. The smallest absolute Gasteiger partial charge is 0.432 e. The number of fused-ring (bicyclic) bond motifs is 1. The normalized spacial score (nSPS) is 28.0. The number of hydrogen-bond acceptors (Lipinski definition) is 14. The standard InChI is InChI=1S/C22H32FN2O14P/c1-12(2)35-19(28)31-10-33-40(30,34-11-32-20(29)36-13(3)4)9-22(23)16-21(6,38-14(5)37-16)17(39-22)25-8-7-15(26)24-18(25)27/h7-8,12-14,16-17H,9-11H2,1-6H3,(H,24,26,27)/t14-,16-,17+,21+,22+/m0/s1. The van der Waals surface area contributed by atoms with E-state index in [0.29, 0.717) is 0 Å². The summed E-state index contributed by atoms with van der Waals surface area (Å²) in [7, 11) is -4.70. The molecule has 0 bridgehead atoms. The summed E-state index contributed by atoms with van der Waals surface area (Å²) in [4.78, 5) is 49.5. The maximum absolute atomic E-state index is 16.6. The second kappa shape index (κ2) is 12.4. The number of carbonyl (C=O) groups excluding carboxylic acids is 2. The van der Waals surface area contributed by atoms with Crippen LogP contribution in [-0.2, 0) is 46.8 Å². The van der Waals surface area contributed by atoms with E-state index in [4.69, 9.17) is 42.2 Å². The Morgan fingerprint density at radius 3 is 2.12 bits per heavy atom. The lowest BCUT2D eigenvalue weighted by atomic mass is 9.96. The highest BCUT2D eigenvalue weighted by Crippen LogP contribution is 2.60. The zero-order valence-corrected chi connectivity index (χ0v) is 23.5. The van der Waals surface area contributed by atoms with Crippen LogP contribution in [0.5, 0.6) is 0 Å². The predicted octanol–water partition coefficient (Wildman–Crippen LogP) is 2.52. The monoisotopic (exact) mass is 598 g/mol. The molecule has 0 aliphatic carbocycles. The van der Waals surface area contributed by atoms with E-state index >= 15 is 4.39 Å². The molecule has 1 aromatic heterocycles. The van der Waals surface area contributed by atoms with E-state index in [1.807, 2.05) is 4.98 Å². The number of ether oxygens (including phenoxy) is 7. The minimum Gasteiger partial charge on any atom is -0.432 e. The third-order valence-corrected chi connectivity index (χ3v) is 7.30. The SMILES string of the molecule is CC(C)OC(=O)OCOP(=O)(C[C@@]1(F)O[C@@H](n2ccc(=O)[nH]c2=O)[C@]2(C)O[C@@H](C)O[C@@H]21)OCOC(=O)OC(C)C. The summed E-state index contributed by atoms with van der Waals surface area (Å²) in [5, 5.41) is 0. The van der Waals surface area contributed by atoms with Crippen molar-refractivity contribution in [3.8, 4) is 0 Å². The highest BCUT2D eigenvalue weighted by Gasteiger charge is 2.71. The lowest BCUT2D eigenvalue weighted by molar-refractivity contribution is -0.225. The van der Waals surface area contributed by atoms with Gasteiger partial charge in [0.25, 0.3) is 11.4 Å². The van der Waals surface area contributed by atoms with Crippen LogP contribution in [0.4, 0.5) is 14.0 Å². The lowest BCUT2D eigenvalue weighted by Gasteiger charge is -2.28. The minimum atomic E-state index is -4.70. The van der Waals surface area contributed by atoms with Gasteiger partial charge in [-0.05, 0) is 41.5 Å². The Morgan fingerprint density at radius 1 is 1.07 bits per heavy atom. The van der Waals surface area contributed by atoms with Crippen LogP contribution in [0.25, 0.3) is 0 Å². The van der Waals surface area contributed by atoms with Gasteiger partial charge in [-0.25, -0.2) is 18.8 Å². The van der Waals surface area contributed by atoms with Gasteiger partial charge in [0.05, 0.1) is 12.2 Å². The molecule has 3 rings (SSSR count). The van der Waals surface area contributed by atoms with Crippen LogP contribution in [0.1, 0.15) is 47.8 Å². The van der Waals surface area contributed by atoms with Gasteiger partial charge in [-0.3, -0.25) is 28.0 Å². The van der Waals surface area contributed by atoms with Gasteiger partial charge in [-0.1, -0.05) is 0 Å². The van der Waals surface area contributed by atoms with Crippen LogP contribution in [0.2, 0.25) is 0 Å². The van der Waals surface area contributed by atoms with Crippen molar-refractivity contribution in [2.45, 2.75) is 83.8 Å². The molecule has 40 heavy (non-hydrogen) atoms. The minimum absolute atomic E-state index is 0.538. The van der Waals surface area contributed by atoms with Crippen molar-refractivity contribution in [2.24, 2.45) is 0 Å². The molecule has 18 heteroatoms. The topological polar surface area (TPSA) is 189 Å². The quantitative estimate of drug-likeness (QED) is 0.222. The van der Waals surface area contributed by atoms with E-state index in [1.54, 1.807) is 27.7 Å². The van der Waals surface area contributed by atoms with Crippen molar-refractivity contribution in [3.05, 3.63) is 33.1 Å². The second-order valence-corrected chi connectivity index (χ2v) is 11.6. The Morgan fingerprint density at radius 2 is 1.62 bits per heavy atom. The highest BCUT2D eigenvalue weighted by molar-refractivity contribution is 7.53. The number of alkyl halides is 1. The van der Waals surface area contributed by atoms with Crippen molar-refractivity contribution < 1.29 is 60.8 Å². The van der Waals surface area contributed by atoms with Gasteiger partial charge in [-0.15, -0.1) is 0 Å². The number of carbonyl (C=O) groups is 2. The fourth-order valence-electron chi connectivity index (χ4n) is 4.08. The summed E-state index contributed by atoms with van der Waals surface area (Å²) < 4.78 is 77.2. The van der Waals surface area contributed by atoms with Crippen LogP contribution in [0.3, 0.4) is 0 Å². The Labute approximate surface area is 227 Å². The molecule has 226 valence electrons. The largest absolute Gasteiger partial charge is 0.510 e. The molecule has 5 atom stereocenters. The van der Waals surface area contributed by atoms with Crippen LogP contribution < -0.4 is 11.2 Å². The summed E-state index contributed by atoms with van der Waals surface area (Å²) in [6, 6.07) is 1.01. The first-order valence-corrected chi connectivity index (χ1v) is 13.9. The first-order chi connectivity index (χ1) is 18.6. The predicted molar refractivity (Wildman–Crippen MR) is 129 cm³/mol. The van der Waals surface area contributed by atoms with Gasteiger partial charge in [-0.2, -0.15) is 0 Å². The number of hydrogen-bond donors (Lipinski definition) is 1. The first kappa shape index (κ1) is 31.7. The van der Waals surface area contributed by atoms with Crippen molar-refractivity contribution in [1.82, 2.24) is 9.55 Å².